The van der Waals surface area contributed by atoms with E-state index in [9.17, 15) is 0 Å². The summed E-state index contributed by atoms with van der Waals surface area (Å²) in [5, 5.41) is 3.65. The molecule has 3 N–H and O–H groups in total. The third-order valence-electron chi connectivity index (χ3n) is 3.22. The van der Waals surface area contributed by atoms with E-state index in [-0.39, 0.29) is 5.54 Å². The zero-order chi connectivity index (χ0) is 10.5. The minimum atomic E-state index is 0.0939. The first-order chi connectivity index (χ1) is 6.00. The molecular formula is C11H26N2. The van der Waals surface area contributed by atoms with Crippen molar-refractivity contribution in [1.29, 1.82) is 0 Å². The van der Waals surface area contributed by atoms with Crippen LogP contribution in [-0.4, -0.2) is 18.1 Å². The summed E-state index contributed by atoms with van der Waals surface area (Å²) in [6.45, 7) is 11.8. The van der Waals surface area contributed by atoms with Crippen molar-refractivity contribution < 1.29 is 0 Å². The molecule has 1 atom stereocenters. The highest BCUT2D eigenvalue weighted by molar-refractivity contribution is 4.89. The molecule has 0 aliphatic carbocycles. The number of rotatable bonds is 6. The molecule has 0 heterocycles. The van der Waals surface area contributed by atoms with Gasteiger partial charge in [-0.2, -0.15) is 0 Å². The SMILES string of the molecule is CCC(CC)NC(C)(CN)C(C)C. The van der Waals surface area contributed by atoms with E-state index in [1.807, 2.05) is 0 Å². The van der Waals surface area contributed by atoms with E-state index >= 15 is 0 Å². The van der Waals surface area contributed by atoms with Crippen LogP contribution in [0.4, 0.5) is 0 Å². The predicted octanol–water partition coefficient (Wildman–Crippen LogP) is 2.14. The van der Waals surface area contributed by atoms with Gasteiger partial charge in [0.05, 0.1) is 0 Å². The standard InChI is InChI=1S/C11H26N2/c1-6-10(7-2)13-11(5,8-12)9(3)4/h9-10,13H,6-8,12H2,1-5H3. The zero-order valence-electron chi connectivity index (χ0n) is 9.85. The van der Waals surface area contributed by atoms with Crippen molar-refractivity contribution in [1.82, 2.24) is 5.32 Å². The lowest BCUT2D eigenvalue weighted by Crippen LogP contribution is -2.56. The maximum atomic E-state index is 5.80. The predicted molar refractivity (Wildman–Crippen MR) is 59.8 cm³/mol. The molecule has 0 bridgehead atoms. The van der Waals surface area contributed by atoms with Crippen molar-refractivity contribution >= 4 is 0 Å². The second kappa shape index (κ2) is 5.61. The van der Waals surface area contributed by atoms with Gasteiger partial charge in [-0.1, -0.05) is 27.7 Å². The molecule has 1 unspecified atom stereocenters. The van der Waals surface area contributed by atoms with Crippen molar-refractivity contribution in [3.8, 4) is 0 Å². The molecule has 0 aliphatic rings. The van der Waals surface area contributed by atoms with Crippen LogP contribution in [0.2, 0.25) is 0 Å². The van der Waals surface area contributed by atoms with E-state index in [0.717, 1.165) is 0 Å². The fourth-order valence-corrected chi connectivity index (χ4v) is 1.42. The Kier molecular flexibility index (Phi) is 5.57. The molecule has 2 heteroatoms. The molecule has 80 valence electrons. The summed E-state index contributed by atoms with van der Waals surface area (Å²) >= 11 is 0. The first-order valence-corrected chi connectivity index (χ1v) is 5.47. The molecule has 0 aromatic heterocycles. The molecule has 0 aromatic rings. The Labute approximate surface area is 83.3 Å². The molecule has 0 spiro atoms. The Hall–Kier alpha value is -0.0800. The second-order valence-electron chi connectivity index (χ2n) is 4.43. The Bertz CT molecular complexity index is 130. The van der Waals surface area contributed by atoms with Crippen LogP contribution >= 0.6 is 0 Å². The van der Waals surface area contributed by atoms with Gasteiger partial charge in [0.15, 0.2) is 0 Å². The van der Waals surface area contributed by atoms with E-state index in [1.54, 1.807) is 0 Å². The third kappa shape index (κ3) is 3.65. The van der Waals surface area contributed by atoms with Crippen molar-refractivity contribution in [2.75, 3.05) is 6.54 Å². The van der Waals surface area contributed by atoms with Crippen molar-refractivity contribution in [3.63, 3.8) is 0 Å². The van der Waals surface area contributed by atoms with E-state index in [4.69, 9.17) is 5.73 Å². The lowest BCUT2D eigenvalue weighted by atomic mass is 9.87. The summed E-state index contributed by atoms with van der Waals surface area (Å²) in [5.41, 5.74) is 5.90. The van der Waals surface area contributed by atoms with Gasteiger partial charge in [-0.25, -0.2) is 0 Å². The summed E-state index contributed by atoms with van der Waals surface area (Å²) in [5.74, 6) is 0.582. The van der Waals surface area contributed by atoms with Gasteiger partial charge in [-0.05, 0) is 25.7 Å². The highest BCUT2D eigenvalue weighted by atomic mass is 15.0. The van der Waals surface area contributed by atoms with Gasteiger partial charge in [-0.15, -0.1) is 0 Å². The molecular weight excluding hydrogens is 160 g/mol. The van der Waals surface area contributed by atoms with Gasteiger partial charge in [0.1, 0.15) is 0 Å². The Morgan fingerprint density at radius 3 is 1.92 bits per heavy atom. The van der Waals surface area contributed by atoms with Crippen LogP contribution in [0.15, 0.2) is 0 Å². The molecule has 0 rings (SSSR count). The summed E-state index contributed by atoms with van der Waals surface area (Å²) in [6.07, 6.45) is 2.36. The van der Waals surface area contributed by atoms with Gasteiger partial charge in [0, 0.05) is 18.1 Å². The van der Waals surface area contributed by atoms with E-state index in [2.05, 4.69) is 39.9 Å². The lowest BCUT2D eigenvalue weighted by Gasteiger charge is -2.37. The van der Waals surface area contributed by atoms with Crippen LogP contribution in [0, 0.1) is 5.92 Å². The van der Waals surface area contributed by atoms with E-state index < -0.39 is 0 Å². The molecule has 2 nitrogen and oxygen atoms in total. The molecule has 0 amide bonds. The van der Waals surface area contributed by atoms with Gasteiger partial charge in [0.25, 0.3) is 0 Å². The minimum Gasteiger partial charge on any atom is -0.329 e. The van der Waals surface area contributed by atoms with Gasteiger partial charge < -0.3 is 11.1 Å². The van der Waals surface area contributed by atoms with Crippen LogP contribution in [0.5, 0.6) is 0 Å². The Morgan fingerprint density at radius 2 is 1.69 bits per heavy atom. The molecule has 0 aliphatic heterocycles. The number of hydrogen-bond acceptors (Lipinski definition) is 2. The highest BCUT2D eigenvalue weighted by Gasteiger charge is 2.27. The summed E-state index contributed by atoms with van der Waals surface area (Å²) in [6, 6.07) is 0.607. The van der Waals surface area contributed by atoms with Crippen molar-refractivity contribution in [3.05, 3.63) is 0 Å². The third-order valence-corrected chi connectivity index (χ3v) is 3.22. The minimum absolute atomic E-state index is 0.0939. The Morgan fingerprint density at radius 1 is 1.23 bits per heavy atom. The second-order valence-corrected chi connectivity index (χ2v) is 4.43. The fourth-order valence-electron chi connectivity index (χ4n) is 1.42. The van der Waals surface area contributed by atoms with E-state index in [1.165, 1.54) is 12.8 Å². The molecule has 0 aromatic carbocycles. The van der Waals surface area contributed by atoms with Crippen LogP contribution in [0.3, 0.4) is 0 Å². The highest BCUT2D eigenvalue weighted by Crippen LogP contribution is 2.17. The van der Waals surface area contributed by atoms with Gasteiger partial charge in [0.2, 0.25) is 0 Å². The lowest BCUT2D eigenvalue weighted by molar-refractivity contribution is 0.232. The van der Waals surface area contributed by atoms with Crippen molar-refractivity contribution in [2.24, 2.45) is 11.7 Å². The van der Waals surface area contributed by atoms with E-state index in [0.29, 0.717) is 18.5 Å². The monoisotopic (exact) mass is 186 g/mol. The van der Waals surface area contributed by atoms with Crippen molar-refractivity contribution in [2.45, 2.75) is 59.0 Å². The first kappa shape index (κ1) is 12.9. The van der Waals surface area contributed by atoms with Crippen LogP contribution < -0.4 is 11.1 Å². The summed E-state index contributed by atoms with van der Waals surface area (Å²) < 4.78 is 0. The fraction of sp³-hybridized carbons (Fsp3) is 1.00. The van der Waals surface area contributed by atoms with Gasteiger partial charge >= 0.3 is 0 Å². The summed E-state index contributed by atoms with van der Waals surface area (Å²) in [4.78, 5) is 0. The summed E-state index contributed by atoms with van der Waals surface area (Å²) in [7, 11) is 0. The number of nitrogens with one attached hydrogen (secondary N) is 1. The molecule has 13 heavy (non-hydrogen) atoms. The maximum absolute atomic E-state index is 5.80. The van der Waals surface area contributed by atoms with Crippen LogP contribution in [0.1, 0.15) is 47.5 Å². The average molecular weight is 186 g/mol. The molecule has 0 radical (unpaired) electrons. The largest absolute Gasteiger partial charge is 0.329 e. The number of hydrogen-bond donors (Lipinski definition) is 2. The molecule has 0 fully saturated rings. The number of nitrogens with two attached hydrogens (primary N) is 1. The topological polar surface area (TPSA) is 38.0 Å². The zero-order valence-corrected chi connectivity index (χ0v) is 9.85. The molecule has 0 saturated heterocycles. The quantitative estimate of drug-likeness (QED) is 0.667. The van der Waals surface area contributed by atoms with Gasteiger partial charge in [-0.3, -0.25) is 0 Å². The first-order valence-electron chi connectivity index (χ1n) is 5.47. The maximum Gasteiger partial charge on any atom is 0.0301 e. The normalized spacial score (nSPS) is 16.6. The van der Waals surface area contributed by atoms with Crippen LogP contribution in [0.25, 0.3) is 0 Å². The average Bonchev–Trinajstić information content (AvgIpc) is 2.13. The Balaban J connectivity index is 4.24. The molecule has 0 saturated carbocycles. The smallest absolute Gasteiger partial charge is 0.0301 e. The van der Waals surface area contributed by atoms with Crippen LogP contribution in [-0.2, 0) is 0 Å².